The number of nitriles is 2. The summed E-state index contributed by atoms with van der Waals surface area (Å²) >= 11 is 0. The zero-order valence-corrected chi connectivity index (χ0v) is 10.3. The lowest BCUT2D eigenvalue weighted by molar-refractivity contribution is 0.104. The molecule has 0 atom stereocenters. The third-order valence-electron chi connectivity index (χ3n) is 2.88. The molecule has 1 aromatic rings. The van der Waals surface area contributed by atoms with Gasteiger partial charge in [-0.1, -0.05) is 42.5 Å². The van der Waals surface area contributed by atoms with E-state index < -0.39 is 0 Å². The van der Waals surface area contributed by atoms with E-state index in [1.165, 1.54) is 0 Å². The van der Waals surface area contributed by atoms with Gasteiger partial charge in [-0.05, 0) is 12.5 Å². The second-order valence-corrected chi connectivity index (χ2v) is 3.95. The monoisotopic (exact) mass is 246 g/mol. The van der Waals surface area contributed by atoms with E-state index in [2.05, 4.69) is 0 Å². The zero-order valence-electron chi connectivity index (χ0n) is 10.3. The molecule has 3 nitrogen and oxygen atoms in total. The zero-order chi connectivity index (χ0) is 13.8. The average molecular weight is 246 g/mol. The largest absolute Gasteiger partial charge is 0.289 e. The molecular weight excluding hydrogens is 236 g/mol. The van der Waals surface area contributed by atoms with Crippen LogP contribution in [0.25, 0.3) is 5.57 Å². The van der Waals surface area contributed by atoms with Crippen molar-refractivity contribution in [2.24, 2.45) is 0 Å². The summed E-state index contributed by atoms with van der Waals surface area (Å²) in [6, 6.07) is 10.8. The molecule has 0 fully saturated rings. The molecule has 0 unspecified atom stereocenters. The molecule has 0 radical (unpaired) electrons. The van der Waals surface area contributed by atoms with Gasteiger partial charge in [0, 0.05) is 16.7 Å². The fourth-order valence-electron chi connectivity index (χ4n) is 2.06. The van der Waals surface area contributed by atoms with Gasteiger partial charge in [0.1, 0.15) is 17.7 Å². The first-order chi connectivity index (χ1) is 9.24. The molecule has 0 bridgehead atoms. The third kappa shape index (κ3) is 1.99. The van der Waals surface area contributed by atoms with Crippen molar-refractivity contribution in [1.29, 1.82) is 10.5 Å². The Kier molecular flexibility index (Phi) is 3.41. The van der Waals surface area contributed by atoms with Crippen LogP contribution in [0.4, 0.5) is 0 Å². The molecule has 19 heavy (non-hydrogen) atoms. The van der Waals surface area contributed by atoms with Crippen molar-refractivity contribution in [3.8, 4) is 12.1 Å². The first-order valence-electron chi connectivity index (χ1n) is 5.76. The molecule has 0 saturated carbocycles. The molecule has 0 amide bonds. The maximum absolute atomic E-state index is 12.3. The van der Waals surface area contributed by atoms with Crippen LogP contribution in [-0.2, 0) is 0 Å². The molecule has 1 aromatic carbocycles. The number of hydrogen-bond acceptors (Lipinski definition) is 3. The van der Waals surface area contributed by atoms with Gasteiger partial charge in [0.25, 0.3) is 0 Å². The summed E-state index contributed by atoms with van der Waals surface area (Å²) in [6.07, 6.45) is 5.16. The lowest BCUT2D eigenvalue weighted by Crippen LogP contribution is -1.95. The second-order valence-electron chi connectivity index (χ2n) is 3.95. The normalized spacial score (nSPS) is 15.4. The standard InChI is InChI=1S/C16H10N2O/c1-2-3-6-14-15(11(9-17)10-18)12-7-4-5-8-13(12)16(14)19/h2-8H,1H3/b3-2+,14-6-. The van der Waals surface area contributed by atoms with Gasteiger partial charge in [0.05, 0.1) is 0 Å². The summed E-state index contributed by atoms with van der Waals surface area (Å²) in [5, 5.41) is 18.1. The van der Waals surface area contributed by atoms with E-state index >= 15 is 0 Å². The smallest absolute Gasteiger partial charge is 0.194 e. The summed E-state index contributed by atoms with van der Waals surface area (Å²) in [6.45, 7) is 1.84. The van der Waals surface area contributed by atoms with Gasteiger partial charge in [-0.25, -0.2) is 0 Å². The SMILES string of the molecule is C/C=C/C=C1\C(=O)c2ccccc2C1=C(C#N)C#N. The molecule has 0 spiro atoms. The maximum atomic E-state index is 12.3. The highest BCUT2D eigenvalue weighted by molar-refractivity contribution is 6.27. The van der Waals surface area contributed by atoms with E-state index in [-0.39, 0.29) is 11.4 Å². The lowest BCUT2D eigenvalue weighted by Gasteiger charge is -2.00. The van der Waals surface area contributed by atoms with Crippen LogP contribution in [0.3, 0.4) is 0 Å². The van der Waals surface area contributed by atoms with Crippen molar-refractivity contribution in [2.45, 2.75) is 6.92 Å². The van der Waals surface area contributed by atoms with Gasteiger partial charge in [0.2, 0.25) is 0 Å². The fraction of sp³-hybridized carbons (Fsp3) is 0.0625. The van der Waals surface area contributed by atoms with Crippen LogP contribution in [0.15, 0.2) is 53.6 Å². The van der Waals surface area contributed by atoms with Crippen LogP contribution in [0, 0.1) is 22.7 Å². The predicted octanol–water partition coefficient (Wildman–Crippen LogP) is 3.19. The third-order valence-corrected chi connectivity index (χ3v) is 2.88. The summed E-state index contributed by atoms with van der Waals surface area (Å²) < 4.78 is 0. The van der Waals surface area contributed by atoms with Crippen molar-refractivity contribution < 1.29 is 4.79 Å². The molecule has 0 aromatic heterocycles. The molecule has 90 valence electrons. The van der Waals surface area contributed by atoms with Gasteiger partial charge in [-0.2, -0.15) is 10.5 Å². The van der Waals surface area contributed by atoms with Crippen molar-refractivity contribution in [3.05, 3.63) is 64.8 Å². The Morgan fingerprint density at radius 2 is 1.79 bits per heavy atom. The first-order valence-corrected chi connectivity index (χ1v) is 5.76. The second kappa shape index (κ2) is 5.16. The van der Waals surface area contributed by atoms with Crippen LogP contribution < -0.4 is 0 Å². The van der Waals surface area contributed by atoms with Crippen molar-refractivity contribution in [1.82, 2.24) is 0 Å². The molecule has 0 aliphatic heterocycles. The topological polar surface area (TPSA) is 64.7 Å². The fourth-order valence-corrected chi connectivity index (χ4v) is 2.06. The number of carbonyl (C=O) groups excluding carboxylic acids is 1. The summed E-state index contributed by atoms with van der Waals surface area (Å²) in [5.41, 5.74) is 1.99. The van der Waals surface area contributed by atoms with Gasteiger partial charge in [-0.3, -0.25) is 4.79 Å². The van der Waals surface area contributed by atoms with E-state index in [0.717, 1.165) is 0 Å². The van der Waals surface area contributed by atoms with Crippen LogP contribution in [-0.4, -0.2) is 5.78 Å². The molecule has 0 saturated heterocycles. The molecule has 3 heteroatoms. The highest BCUT2D eigenvalue weighted by Crippen LogP contribution is 2.38. The van der Waals surface area contributed by atoms with Crippen molar-refractivity contribution >= 4 is 11.4 Å². The van der Waals surface area contributed by atoms with Gasteiger partial charge in [0.15, 0.2) is 5.78 Å². The van der Waals surface area contributed by atoms with Crippen molar-refractivity contribution in [2.75, 3.05) is 0 Å². The predicted molar refractivity (Wildman–Crippen MR) is 71.8 cm³/mol. The molecule has 0 N–H and O–H groups in total. The van der Waals surface area contributed by atoms with Gasteiger partial charge >= 0.3 is 0 Å². The number of hydrogen-bond donors (Lipinski definition) is 0. The number of ketones is 1. The number of Topliss-reactive ketones (excluding diaryl/α,β-unsaturated/α-hetero) is 1. The Hall–Kier alpha value is -2.91. The number of carbonyl (C=O) groups is 1. The minimum Gasteiger partial charge on any atom is -0.289 e. The Morgan fingerprint density at radius 3 is 2.37 bits per heavy atom. The Morgan fingerprint density at radius 1 is 1.16 bits per heavy atom. The van der Waals surface area contributed by atoms with Gasteiger partial charge < -0.3 is 0 Å². The van der Waals surface area contributed by atoms with E-state index in [4.69, 9.17) is 10.5 Å². The van der Waals surface area contributed by atoms with E-state index in [1.54, 1.807) is 42.5 Å². The van der Waals surface area contributed by atoms with Crippen LogP contribution in [0.5, 0.6) is 0 Å². The van der Waals surface area contributed by atoms with E-state index in [0.29, 0.717) is 22.3 Å². The molecule has 2 rings (SSSR count). The first kappa shape index (κ1) is 12.5. The van der Waals surface area contributed by atoms with Crippen LogP contribution in [0.1, 0.15) is 22.8 Å². The number of benzene rings is 1. The Balaban J connectivity index is 2.81. The minimum atomic E-state index is -0.147. The summed E-state index contributed by atoms with van der Waals surface area (Å²) in [5.74, 6) is -0.147. The maximum Gasteiger partial charge on any atom is 0.194 e. The number of rotatable bonds is 1. The van der Waals surface area contributed by atoms with E-state index in [9.17, 15) is 4.79 Å². The highest BCUT2D eigenvalue weighted by atomic mass is 16.1. The Labute approximate surface area is 111 Å². The molecule has 1 aliphatic rings. The minimum absolute atomic E-state index is 0.0333. The number of allylic oxidation sites excluding steroid dienone is 6. The Bertz CT molecular complexity index is 706. The quantitative estimate of drug-likeness (QED) is 0.564. The van der Waals surface area contributed by atoms with Crippen LogP contribution in [0.2, 0.25) is 0 Å². The van der Waals surface area contributed by atoms with Crippen molar-refractivity contribution in [3.63, 3.8) is 0 Å². The molecule has 1 aliphatic carbocycles. The van der Waals surface area contributed by atoms with E-state index in [1.807, 2.05) is 19.1 Å². The molecular formula is C16H10N2O. The molecule has 0 heterocycles. The highest BCUT2D eigenvalue weighted by Gasteiger charge is 2.31. The van der Waals surface area contributed by atoms with Crippen LogP contribution >= 0.6 is 0 Å². The summed E-state index contributed by atoms with van der Waals surface area (Å²) in [4.78, 5) is 12.3. The van der Waals surface area contributed by atoms with Gasteiger partial charge in [-0.15, -0.1) is 0 Å². The summed E-state index contributed by atoms with van der Waals surface area (Å²) in [7, 11) is 0. The number of fused-ring (bicyclic) bond motifs is 1. The average Bonchev–Trinajstić information content (AvgIpc) is 2.72. The lowest BCUT2D eigenvalue weighted by atomic mass is 9.99. The number of nitrogens with zero attached hydrogens (tertiary/aromatic N) is 2.